The van der Waals surface area contributed by atoms with Gasteiger partial charge in [-0.1, -0.05) is 13.8 Å². The minimum absolute atomic E-state index is 0.132. The topological polar surface area (TPSA) is 41.1 Å². The van der Waals surface area contributed by atoms with Crippen LogP contribution in [0.4, 0.5) is 0 Å². The maximum Gasteiger partial charge on any atom is 0.220 e. The van der Waals surface area contributed by atoms with Crippen LogP contribution in [0, 0.1) is 22.7 Å². The van der Waals surface area contributed by atoms with E-state index in [1.165, 1.54) is 51.4 Å². The SMILES string of the molecule is C[C@]12CC3CC(NC(=O)CC4CCNCC4)(C1)C[C@@](C)(C3)C2. The van der Waals surface area contributed by atoms with Crippen LogP contribution < -0.4 is 10.6 Å². The van der Waals surface area contributed by atoms with Crippen molar-refractivity contribution in [3.05, 3.63) is 0 Å². The van der Waals surface area contributed by atoms with Gasteiger partial charge in [-0.05, 0) is 87.1 Å². The number of amides is 1. The molecular weight excluding hydrogens is 272 g/mol. The Kier molecular flexibility index (Phi) is 3.38. The van der Waals surface area contributed by atoms with Gasteiger partial charge in [-0.15, -0.1) is 0 Å². The highest BCUT2D eigenvalue weighted by Crippen LogP contribution is 2.66. The minimum Gasteiger partial charge on any atom is -0.351 e. The number of hydrogen-bond donors (Lipinski definition) is 2. The number of piperidine rings is 1. The average molecular weight is 304 g/mol. The Morgan fingerprint density at radius 2 is 1.68 bits per heavy atom. The third-order valence-corrected chi connectivity index (χ3v) is 6.96. The van der Waals surface area contributed by atoms with Gasteiger partial charge in [0, 0.05) is 12.0 Å². The van der Waals surface area contributed by atoms with Gasteiger partial charge in [0.1, 0.15) is 0 Å². The van der Waals surface area contributed by atoms with E-state index in [1.807, 2.05) is 0 Å². The Hall–Kier alpha value is -0.570. The van der Waals surface area contributed by atoms with Crippen LogP contribution in [-0.4, -0.2) is 24.5 Å². The van der Waals surface area contributed by atoms with Gasteiger partial charge in [0.2, 0.25) is 5.91 Å². The zero-order chi connectivity index (χ0) is 15.4. The molecule has 5 rings (SSSR count). The van der Waals surface area contributed by atoms with Crippen molar-refractivity contribution in [2.24, 2.45) is 22.7 Å². The predicted octanol–water partition coefficient (Wildman–Crippen LogP) is 3.24. The molecule has 4 aliphatic carbocycles. The lowest BCUT2D eigenvalue weighted by Gasteiger charge is -2.65. The Morgan fingerprint density at radius 3 is 2.27 bits per heavy atom. The third kappa shape index (κ3) is 2.70. The Bertz CT molecular complexity index is 450. The summed E-state index contributed by atoms with van der Waals surface area (Å²) in [7, 11) is 0. The largest absolute Gasteiger partial charge is 0.351 e. The fourth-order valence-electron chi connectivity index (χ4n) is 7.28. The van der Waals surface area contributed by atoms with E-state index in [0.29, 0.717) is 22.7 Å². The van der Waals surface area contributed by atoms with Gasteiger partial charge >= 0.3 is 0 Å². The molecule has 0 spiro atoms. The highest BCUT2D eigenvalue weighted by atomic mass is 16.1. The standard InChI is InChI=1S/C19H32N2O/c1-17-8-15-9-18(2,11-17)13-19(10-15,12-17)21-16(22)7-14-3-5-20-6-4-14/h14-15,20H,3-13H2,1-2H3,(H,21,22)/t15?,17-,18+,19?. The molecule has 0 aromatic rings. The van der Waals surface area contributed by atoms with E-state index >= 15 is 0 Å². The van der Waals surface area contributed by atoms with Crippen LogP contribution in [0.25, 0.3) is 0 Å². The smallest absolute Gasteiger partial charge is 0.220 e. The van der Waals surface area contributed by atoms with Crippen molar-refractivity contribution in [3.63, 3.8) is 0 Å². The van der Waals surface area contributed by atoms with Crippen LogP contribution in [0.2, 0.25) is 0 Å². The van der Waals surface area contributed by atoms with E-state index in [-0.39, 0.29) is 5.54 Å². The fourth-order valence-corrected chi connectivity index (χ4v) is 7.28. The second-order valence-electron chi connectivity index (χ2n) is 9.86. The van der Waals surface area contributed by atoms with Gasteiger partial charge in [0.25, 0.3) is 0 Å². The third-order valence-electron chi connectivity index (χ3n) is 6.96. The lowest BCUT2D eigenvalue weighted by atomic mass is 9.43. The normalized spacial score (nSPS) is 47.6. The Morgan fingerprint density at radius 1 is 1.05 bits per heavy atom. The van der Waals surface area contributed by atoms with E-state index in [9.17, 15) is 4.79 Å². The number of carbonyl (C=O) groups excluding carboxylic acids is 1. The van der Waals surface area contributed by atoms with E-state index in [2.05, 4.69) is 24.5 Å². The highest BCUT2D eigenvalue weighted by molar-refractivity contribution is 5.77. The first-order chi connectivity index (χ1) is 10.4. The van der Waals surface area contributed by atoms with Crippen LogP contribution in [0.15, 0.2) is 0 Å². The van der Waals surface area contributed by atoms with Gasteiger partial charge in [-0.3, -0.25) is 4.79 Å². The Balaban J connectivity index is 1.44. The first-order valence-electron chi connectivity index (χ1n) is 9.40. The second-order valence-corrected chi connectivity index (χ2v) is 9.86. The van der Waals surface area contributed by atoms with E-state index in [1.54, 1.807) is 0 Å². The van der Waals surface area contributed by atoms with Crippen LogP contribution in [0.5, 0.6) is 0 Å². The molecule has 124 valence electrons. The second kappa shape index (κ2) is 4.96. The number of carbonyl (C=O) groups is 1. The van der Waals surface area contributed by atoms with E-state index in [4.69, 9.17) is 0 Å². The molecule has 1 saturated heterocycles. The molecule has 1 aliphatic heterocycles. The Labute approximate surface area is 135 Å². The molecule has 5 aliphatic rings. The zero-order valence-corrected chi connectivity index (χ0v) is 14.3. The molecule has 4 bridgehead atoms. The van der Waals surface area contributed by atoms with Crippen molar-refractivity contribution in [2.45, 2.75) is 77.2 Å². The molecule has 3 heteroatoms. The average Bonchev–Trinajstić information content (AvgIpc) is 2.34. The summed E-state index contributed by atoms with van der Waals surface area (Å²) in [6, 6.07) is 0. The van der Waals surface area contributed by atoms with Crippen LogP contribution in [0.1, 0.15) is 71.6 Å². The zero-order valence-electron chi connectivity index (χ0n) is 14.3. The van der Waals surface area contributed by atoms with Crippen molar-refractivity contribution in [1.29, 1.82) is 0 Å². The summed E-state index contributed by atoms with van der Waals surface area (Å²) >= 11 is 0. The lowest BCUT2D eigenvalue weighted by molar-refractivity contribution is -0.140. The highest BCUT2D eigenvalue weighted by Gasteiger charge is 2.60. The fraction of sp³-hybridized carbons (Fsp3) is 0.947. The quantitative estimate of drug-likeness (QED) is 0.840. The van der Waals surface area contributed by atoms with Crippen molar-refractivity contribution >= 4 is 5.91 Å². The van der Waals surface area contributed by atoms with Gasteiger partial charge in [0.15, 0.2) is 0 Å². The molecule has 0 aromatic carbocycles. The molecule has 5 fully saturated rings. The van der Waals surface area contributed by atoms with Crippen LogP contribution in [0.3, 0.4) is 0 Å². The van der Waals surface area contributed by atoms with Crippen LogP contribution >= 0.6 is 0 Å². The van der Waals surface area contributed by atoms with Crippen molar-refractivity contribution in [1.82, 2.24) is 10.6 Å². The summed E-state index contributed by atoms with van der Waals surface area (Å²) in [5.41, 5.74) is 1.10. The molecule has 0 radical (unpaired) electrons. The van der Waals surface area contributed by atoms with Crippen LogP contribution in [-0.2, 0) is 4.79 Å². The number of nitrogens with one attached hydrogen (secondary N) is 2. The van der Waals surface area contributed by atoms with Gasteiger partial charge in [-0.2, -0.15) is 0 Å². The lowest BCUT2D eigenvalue weighted by Crippen LogP contribution is -2.65. The van der Waals surface area contributed by atoms with Gasteiger partial charge < -0.3 is 10.6 Å². The first-order valence-corrected chi connectivity index (χ1v) is 9.40. The maximum absolute atomic E-state index is 12.7. The van der Waals surface area contributed by atoms with Crippen molar-refractivity contribution in [3.8, 4) is 0 Å². The monoisotopic (exact) mass is 304 g/mol. The van der Waals surface area contributed by atoms with E-state index < -0.39 is 0 Å². The molecule has 3 nitrogen and oxygen atoms in total. The van der Waals surface area contributed by atoms with Crippen molar-refractivity contribution in [2.75, 3.05) is 13.1 Å². The number of rotatable bonds is 3. The van der Waals surface area contributed by atoms with Gasteiger partial charge in [-0.25, -0.2) is 0 Å². The van der Waals surface area contributed by atoms with Gasteiger partial charge in [0.05, 0.1) is 0 Å². The molecule has 1 heterocycles. The molecule has 4 saturated carbocycles. The summed E-state index contributed by atoms with van der Waals surface area (Å²) < 4.78 is 0. The molecular formula is C19H32N2O. The minimum atomic E-state index is 0.132. The molecule has 0 aromatic heterocycles. The summed E-state index contributed by atoms with van der Waals surface area (Å²) in [4.78, 5) is 12.7. The predicted molar refractivity (Wildman–Crippen MR) is 88.5 cm³/mol. The molecule has 4 atom stereocenters. The summed E-state index contributed by atoms with van der Waals surface area (Å²) in [6.07, 6.45) is 11.0. The summed E-state index contributed by atoms with van der Waals surface area (Å²) in [6.45, 7) is 7.12. The summed E-state index contributed by atoms with van der Waals surface area (Å²) in [5, 5.41) is 6.96. The summed E-state index contributed by atoms with van der Waals surface area (Å²) in [5.74, 6) is 1.79. The molecule has 22 heavy (non-hydrogen) atoms. The molecule has 2 N–H and O–H groups in total. The maximum atomic E-state index is 12.7. The molecule has 1 amide bonds. The number of hydrogen-bond acceptors (Lipinski definition) is 2. The van der Waals surface area contributed by atoms with E-state index in [0.717, 1.165) is 25.4 Å². The first kappa shape index (κ1) is 15.0. The van der Waals surface area contributed by atoms with Crippen molar-refractivity contribution < 1.29 is 4.79 Å². The molecule has 2 unspecified atom stereocenters.